The van der Waals surface area contributed by atoms with E-state index in [1.165, 1.54) is 0 Å². The van der Waals surface area contributed by atoms with Gasteiger partial charge in [0.15, 0.2) is 0 Å². The molecule has 0 atom stereocenters. The van der Waals surface area contributed by atoms with Crippen LogP contribution in [0.5, 0.6) is 0 Å². The Kier molecular flexibility index (Phi) is 2.88. The molecule has 19 heavy (non-hydrogen) atoms. The molecule has 94 valence electrons. The van der Waals surface area contributed by atoms with Crippen LogP contribution in [0.2, 0.25) is 5.02 Å². The van der Waals surface area contributed by atoms with Crippen LogP contribution in [0.3, 0.4) is 0 Å². The van der Waals surface area contributed by atoms with Crippen molar-refractivity contribution in [3.8, 4) is 0 Å². The number of aryl methyl sites for hydroxylation is 1. The molecule has 0 amide bonds. The fourth-order valence-corrected chi connectivity index (χ4v) is 2.34. The first-order chi connectivity index (χ1) is 9.13. The van der Waals surface area contributed by atoms with Crippen LogP contribution >= 0.6 is 11.6 Å². The number of aromatic nitrogens is 1. The summed E-state index contributed by atoms with van der Waals surface area (Å²) in [6.45, 7) is 1.97. The van der Waals surface area contributed by atoms with Crippen LogP contribution in [-0.2, 0) is 0 Å². The molecule has 0 fully saturated rings. The summed E-state index contributed by atoms with van der Waals surface area (Å²) in [5, 5.41) is 1.64. The normalized spacial score (nSPS) is 10.8. The standard InChI is InChI=1S/C16H12ClNO/c1-10-3-2-4-12(7-10)16(19)15-8-11-5-6-13(17)9-14(11)18-15/h2-9,18H,1H3. The van der Waals surface area contributed by atoms with Gasteiger partial charge in [0.2, 0.25) is 5.78 Å². The van der Waals surface area contributed by atoms with E-state index in [4.69, 9.17) is 11.6 Å². The van der Waals surface area contributed by atoms with E-state index in [2.05, 4.69) is 4.98 Å². The Hall–Kier alpha value is -2.06. The maximum atomic E-state index is 12.4. The number of halogens is 1. The number of hydrogen-bond acceptors (Lipinski definition) is 1. The minimum Gasteiger partial charge on any atom is -0.352 e. The van der Waals surface area contributed by atoms with Crippen molar-refractivity contribution in [2.24, 2.45) is 0 Å². The number of hydrogen-bond donors (Lipinski definition) is 1. The summed E-state index contributed by atoms with van der Waals surface area (Å²) < 4.78 is 0. The van der Waals surface area contributed by atoms with Crippen molar-refractivity contribution in [2.45, 2.75) is 6.92 Å². The maximum absolute atomic E-state index is 12.4. The smallest absolute Gasteiger partial charge is 0.209 e. The molecule has 0 saturated carbocycles. The number of carbonyl (C=O) groups is 1. The molecule has 2 aromatic carbocycles. The van der Waals surface area contributed by atoms with Gasteiger partial charge in [-0.15, -0.1) is 0 Å². The van der Waals surface area contributed by atoms with Crippen molar-refractivity contribution in [1.29, 1.82) is 0 Å². The van der Waals surface area contributed by atoms with Crippen LogP contribution in [0.15, 0.2) is 48.5 Å². The highest BCUT2D eigenvalue weighted by atomic mass is 35.5. The zero-order valence-electron chi connectivity index (χ0n) is 10.4. The van der Waals surface area contributed by atoms with E-state index in [0.717, 1.165) is 16.5 Å². The average molecular weight is 270 g/mol. The lowest BCUT2D eigenvalue weighted by Crippen LogP contribution is -2.01. The predicted molar refractivity (Wildman–Crippen MR) is 77.9 cm³/mol. The van der Waals surface area contributed by atoms with Crippen LogP contribution in [0.25, 0.3) is 10.9 Å². The van der Waals surface area contributed by atoms with E-state index < -0.39 is 0 Å². The van der Waals surface area contributed by atoms with Gasteiger partial charge >= 0.3 is 0 Å². The first-order valence-corrected chi connectivity index (χ1v) is 6.41. The van der Waals surface area contributed by atoms with Crippen molar-refractivity contribution in [3.63, 3.8) is 0 Å². The van der Waals surface area contributed by atoms with Gasteiger partial charge in [0.25, 0.3) is 0 Å². The number of aromatic amines is 1. The van der Waals surface area contributed by atoms with E-state index in [1.54, 1.807) is 0 Å². The monoisotopic (exact) mass is 269 g/mol. The van der Waals surface area contributed by atoms with Crippen molar-refractivity contribution < 1.29 is 4.79 Å². The molecule has 2 nitrogen and oxygen atoms in total. The predicted octanol–water partition coefficient (Wildman–Crippen LogP) is 4.36. The van der Waals surface area contributed by atoms with Gasteiger partial charge in [-0.2, -0.15) is 0 Å². The molecular formula is C16H12ClNO. The van der Waals surface area contributed by atoms with Gasteiger partial charge in [0, 0.05) is 21.5 Å². The molecule has 3 rings (SSSR count). The number of fused-ring (bicyclic) bond motifs is 1. The van der Waals surface area contributed by atoms with Gasteiger partial charge in [0.1, 0.15) is 0 Å². The summed E-state index contributed by atoms with van der Waals surface area (Å²) in [4.78, 5) is 15.5. The van der Waals surface area contributed by atoms with Crippen molar-refractivity contribution >= 4 is 28.3 Å². The number of ketones is 1. The number of rotatable bonds is 2. The highest BCUT2D eigenvalue weighted by molar-refractivity contribution is 6.31. The molecule has 0 aliphatic rings. The van der Waals surface area contributed by atoms with E-state index >= 15 is 0 Å². The Morgan fingerprint density at radius 1 is 1.11 bits per heavy atom. The summed E-state index contributed by atoms with van der Waals surface area (Å²) in [5.74, 6) is -0.00368. The lowest BCUT2D eigenvalue weighted by atomic mass is 10.1. The molecule has 0 radical (unpaired) electrons. The van der Waals surface area contributed by atoms with Crippen molar-refractivity contribution in [2.75, 3.05) is 0 Å². The van der Waals surface area contributed by atoms with Crippen molar-refractivity contribution in [3.05, 3.63) is 70.4 Å². The molecule has 1 aromatic heterocycles. The van der Waals surface area contributed by atoms with E-state index in [-0.39, 0.29) is 5.78 Å². The molecule has 0 aliphatic carbocycles. The fraction of sp³-hybridized carbons (Fsp3) is 0.0625. The Labute approximate surface area is 116 Å². The topological polar surface area (TPSA) is 32.9 Å². The van der Waals surface area contributed by atoms with Gasteiger partial charge < -0.3 is 4.98 Å². The summed E-state index contributed by atoms with van der Waals surface area (Å²) in [6.07, 6.45) is 0. The number of nitrogens with one attached hydrogen (secondary N) is 1. The Bertz CT molecular complexity index is 773. The maximum Gasteiger partial charge on any atom is 0.209 e. The second-order valence-electron chi connectivity index (χ2n) is 4.61. The zero-order valence-corrected chi connectivity index (χ0v) is 11.2. The lowest BCUT2D eigenvalue weighted by Gasteiger charge is -1.99. The second kappa shape index (κ2) is 4.56. The fourth-order valence-electron chi connectivity index (χ4n) is 2.16. The Balaban J connectivity index is 2.06. The third-order valence-corrected chi connectivity index (χ3v) is 3.34. The van der Waals surface area contributed by atoms with Crippen LogP contribution in [0.4, 0.5) is 0 Å². The molecule has 0 saturated heterocycles. The van der Waals surface area contributed by atoms with Crippen LogP contribution in [0, 0.1) is 6.92 Å². The molecule has 0 bridgehead atoms. The molecule has 1 heterocycles. The van der Waals surface area contributed by atoms with Crippen LogP contribution in [-0.4, -0.2) is 10.8 Å². The van der Waals surface area contributed by atoms with Gasteiger partial charge in [-0.1, -0.05) is 41.4 Å². The van der Waals surface area contributed by atoms with E-state index in [9.17, 15) is 4.79 Å². The highest BCUT2D eigenvalue weighted by Crippen LogP contribution is 2.21. The SMILES string of the molecule is Cc1cccc(C(=O)c2cc3ccc(Cl)cc3[nH]2)c1. The van der Waals surface area contributed by atoms with Gasteiger partial charge in [-0.3, -0.25) is 4.79 Å². The van der Waals surface area contributed by atoms with E-state index in [0.29, 0.717) is 16.3 Å². The Morgan fingerprint density at radius 2 is 1.95 bits per heavy atom. The van der Waals surface area contributed by atoms with E-state index in [1.807, 2.05) is 55.5 Å². The molecule has 0 spiro atoms. The number of H-pyrrole nitrogens is 1. The summed E-state index contributed by atoms with van der Waals surface area (Å²) in [5.41, 5.74) is 3.23. The quantitative estimate of drug-likeness (QED) is 0.689. The number of benzene rings is 2. The first kappa shape index (κ1) is 12.0. The van der Waals surface area contributed by atoms with Crippen LogP contribution < -0.4 is 0 Å². The summed E-state index contributed by atoms with van der Waals surface area (Å²) >= 11 is 5.94. The molecule has 1 N–H and O–H groups in total. The molecule has 0 aliphatic heterocycles. The van der Waals surface area contributed by atoms with Crippen LogP contribution in [0.1, 0.15) is 21.6 Å². The minimum atomic E-state index is -0.00368. The second-order valence-corrected chi connectivity index (χ2v) is 5.05. The molecule has 0 unspecified atom stereocenters. The highest BCUT2D eigenvalue weighted by Gasteiger charge is 2.12. The largest absolute Gasteiger partial charge is 0.352 e. The molecular weight excluding hydrogens is 258 g/mol. The van der Waals surface area contributed by atoms with Gasteiger partial charge in [0.05, 0.1) is 5.69 Å². The minimum absolute atomic E-state index is 0.00368. The summed E-state index contributed by atoms with van der Waals surface area (Å²) in [7, 11) is 0. The Morgan fingerprint density at radius 3 is 2.74 bits per heavy atom. The average Bonchev–Trinajstić information content (AvgIpc) is 2.80. The van der Waals surface area contributed by atoms with Gasteiger partial charge in [-0.25, -0.2) is 0 Å². The third-order valence-electron chi connectivity index (χ3n) is 3.11. The zero-order chi connectivity index (χ0) is 13.4. The lowest BCUT2D eigenvalue weighted by molar-refractivity contribution is 0.103. The molecule has 3 heteroatoms. The first-order valence-electron chi connectivity index (χ1n) is 6.03. The van der Waals surface area contributed by atoms with Crippen molar-refractivity contribution in [1.82, 2.24) is 4.98 Å². The van der Waals surface area contributed by atoms with Gasteiger partial charge in [-0.05, 0) is 31.2 Å². The third kappa shape index (κ3) is 2.27. The number of carbonyl (C=O) groups excluding carboxylic acids is 1. The molecule has 3 aromatic rings. The summed E-state index contributed by atoms with van der Waals surface area (Å²) in [6, 6.07) is 15.0.